The Labute approximate surface area is 147 Å². The summed E-state index contributed by atoms with van der Waals surface area (Å²) < 4.78 is 58.8. The van der Waals surface area contributed by atoms with Gasteiger partial charge in [-0.15, -0.1) is 0 Å². The lowest BCUT2D eigenvalue weighted by atomic mass is 10.0. The number of alkyl halides is 3. The highest BCUT2D eigenvalue weighted by molar-refractivity contribution is 6.32. The number of nitrogens with zero attached hydrogens (tertiary/aromatic N) is 2. The van der Waals surface area contributed by atoms with Gasteiger partial charge in [0.25, 0.3) is 5.56 Å². The Morgan fingerprint density at radius 3 is 2.46 bits per heavy atom. The number of ether oxygens (including phenoxy) is 1. The van der Waals surface area contributed by atoms with Crippen molar-refractivity contribution in [2.24, 2.45) is 7.05 Å². The fourth-order valence-electron chi connectivity index (χ4n) is 2.66. The van der Waals surface area contributed by atoms with Gasteiger partial charge in [-0.2, -0.15) is 13.2 Å². The standard InChI is InChI=1S/C15H9ClF4N2O4/c1-21-10(15(18,19)20)4-11(24)22(14(21)25)12-9(17)3-8(16)7-2-6(23)5-26-13(7)12/h3-4H,2,5H2,1H3. The summed E-state index contributed by atoms with van der Waals surface area (Å²) in [5.74, 6) is -1.85. The first-order valence-electron chi connectivity index (χ1n) is 7.08. The van der Waals surface area contributed by atoms with Crippen LogP contribution in [0.5, 0.6) is 5.75 Å². The number of ketones is 1. The van der Waals surface area contributed by atoms with Crippen molar-refractivity contribution in [2.75, 3.05) is 6.61 Å². The number of halogens is 5. The SMILES string of the molecule is Cn1c(C(F)(F)F)cc(=O)n(-c2c(F)cc(Cl)c3c2OCC(=O)C3)c1=O. The van der Waals surface area contributed by atoms with Gasteiger partial charge in [-0.1, -0.05) is 11.6 Å². The molecular weight excluding hydrogens is 384 g/mol. The van der Waals surface area contributed by atoms with Crippen LogP contribution in [0, 0.1) is 5.82 Å². The van der Waals surface area contributed by atoms with Gasteiger partial charge in [-0.05, 0) is 6.07 Å². The Morgan fingerprint density at radius 2 is 1.85 bits per heavy atom. The lowest BCUT2D eigenvalue weighted by Crippen LogP contribution is -2.41. The molecule has 0 saturated carbocycles. The van der Waals surface area contributed by atoms with Crippen LogP contribution in [0.1, 0.15) is 11.3 Å². The molecule has 0 aliphatic carbocycles. The third-order valence-electron chi connectivity index (χ3n) is 3.84. The molecule has 1 aliphatic heterocycles. The van der Waals surface area contributed by atoms with Crippen molar-refractivity contribution in [2.45, 2.75) is 12.6 Å². The van der Waals surface area contributed by atoms with E-state index in [1.165, 1.54) is 0 Å². The molecule has 138 valence electrons. The van der Waals surface area contributed by atoms with Crippen LogP contribution < -0.4 is 16.0 Å². The molecule has 1 aliphatic rings. The molecule has 0 bridgehead atoms. The minimum atomic E-state index is -4.95. The summed E-state index contributed by atoms with van der Waals surface area (Å²) >= 11 is 5.88. The number of benzene rings is 1. The second kappa shape index (κ2) is 5.97. The largest absolute Gasteiger partial charge is 0.483 e. The molecule has 0 saturated heterocycles. The van der Waals surface area contributed by atoms with Crippen LogP contribution in [-0.2, 0) is 24.4 Å². The third kappa shape index (κ3) is 2.79. The quantitative estimate of drug-likeness (QED) is 0.695. The first-order chi connectivity index (χ1) is 12.0. The molecule has 0 atom stereocenters. The van der Waals surface area contributed by atoms with E-state index >= 15 is 0 Å². The molecule has 11 heteroatoms. The van der Waals surface area contributed by atoms with E-state index in [-0.39, 0.29) is 43.7 Å². The maximum Gasteiger partial charge on any atom is 0.431 e. The molecule has 6 nitrogen and oxygen atoms in total. The van der Waals surface area contributed by atoms with Crippen molar-refractivity contribution >= 4 is 17.4 Å². The van der Waals surface area contributed by atoms with Gasteiger partial charge in [0.15, 0.2) is 17.3 Å². The summed E-state index contributed by atoms with van der Waals surface area (Å²) in [5.41, 5.74) is -4.94. The van der Waals surface area contributed by atoms with E-state index in [0.29, 0.717) is 0 Å². The predicted octanol–water partition coefficient (Wildman–Crippen LogP) is 1.85. The summed E-state index contributed by atoms with van der Waals surface area (Å²) in [6.07, 6.45) is -5.18. The van der Waals surface area contributed by atoms with Gasteiger partial charge in [0, 0.05) is 25.1 Å². The number of carbonyl (C=O) groups is 1. The topological polar surface area (TPSA) is 70.3 Å². The summed E-state index contributed by atoms with van der Waals surface area (Å²) in [7, 11) is 0.797. The molecule has 0 N–H and O–H groups in total. The number of aromatic nitrogens is 2. The Morgan fingerprint density at radius 1 is 1.19 bits per heavy atom. The van der Waals surface area contributed by atoms with Gasteiger partial charge in [0.05, 0.1) is 5.02 Å². The second-order valence-electron chi connectivity index (χ2n) is 5.54. The van der Waals surface area contributed by atoms with Crippen LogP contribution in [0.4, 0.5) is 17.6 Å². The molecule has 26 heavy (non-hydrogen) atoms. The van der Waals surface area contributed by atoms with Crippen LogP contribution in [-0.4, -0.2) is 21.5 Å². The molecule has 0 spiro atoms. The van der Waals surface area contributed by atoms with Crippen LogP contribution in [0.3, 0.4) is 0 Å². The van der Waals surface area contributed by atoms with Crippen molar-refractivity contribution in [1.29, 1.82) is 0 Å². The molecule has 2 aromatic rings. The first-order valence-corrected chi connectivity index (χ1v) is 7.46. The van der Waals surface area contributed by atoms with Crippen molar-refractivity contribution in [3.63, 3.8) is 0 Å². The average Bonchev–Trinajstić information content (AvgIpc) is 2.53. The molecule has 0 radical (unpaired) electrons. The normalized spacial score (nSPS) is 14.2. The van der Waals surface area contributed by atoms with Crippen LogP contribution >= 0.6 is 11.6 Å². The Hall–Kier alpha value is -2.62. The molecule has 3 rings (SSSR count). The number of hydrogen-bond acceptors (Lipinski definition) is 4. The lowest BCUT2D eigenvalue weighted by molar-refractivity contribution is -0.144. The van der Waals surface area contributed by atoms with Gasteiger partial charge in [0.1, 0.15) is 18.0 Å². The van der Waals surface area contributed by atoms with Crippen LogP contribution in [0.15, 0.2) is 21.7 Å². The number of fused-ring (bicyclic) bond motifs is 1. The average molecular weight is 393 g/mol. The zero-order valence-electron chi connectivity index (χ0n) is 13.0. The maximum atomic E-state index is 14.5. The minimum absolute atomic E-state index is 0.0492. The number of rotatable bonds is 1. The Bertz CT molecular complexity index is 1060. The fraction of sp³-hybridized carbons (Fsp3) is 0.267. The lowest BCUT2D eigenvalue weighted by Gasteiger charge is -2.22. The fourth-order valence-corrected chi connectivity index (χ4v) is 2.91. The monoisotopic (exact) mass is 392 g/mol. The summed E-state index contributed by atoms with van der Waals surface area (Å²) in [6.45, 7) is -0.449. The Balaban J connectivity index is 2.38. The van der Waals surface area contributed by atoms with E-state index < -0.39 is 41.2 Å². The highest BCUT2D eigenvalue weighted by Gasteiger charge is 2.36. The zero-order valence-corrected chi connectivity index (χ0v) is 13.7. The smallest absolute Gasteiger partial charge is 0.431 e. The molecule has 0 amide bonds. The van der Waals surface area contributed by atoms with E-state index in [1.807, 2.05) is 0 Å². The highest BCUT2D eigenvalue weighted by atomic mass is 35.5. The number of hydrogen-bond donors (Lipinski definition) is 0. The minimum Gasteiger partial charge on any atom is -0.483 e. The summed E-state index contributed by atoms with van der Waals surface area (Å²) in [6, 6.07) is 0.942. The van der Waals surface area contributed by atoms with Crippen molar-refractivity contribution in [3.8, 4) is 11.4 Å². The number of Topliss-reactive ketones (excluding diaryl/α,β-unsaturated/α-hetero) is 1. The maximum absolute atomic E-state index is 14.5. The first kappa shape index (κ1) is 18.2. The van der Waals surface area contributed by atoms with E-state index in [1.54, 1.807) is 0 Å². The molecule has 2 heterocycles. The van der Waals surface area contributed by atoms with Gasteiger partial charge in [-0.25, -0.2) is 13.8 Å². The van der Waals surface area contributed by atoms with Gasteiger partial charge < -0.3 is 4.74 Å². The molecule has 0 fully saturated rings. The number of carbonyl (C=O) groups excluding carboxylic acids is 1. The predicted molar refractivity (Wildman–Crippen MR) is 81.5 cm³/mol. The molecule has 1 aromatic carbocycles. The van der Waals surface area contributed by atoms with Gasteiger partial charge >= 0.3 is 11.9 Å². The third-order valence-corrected chi connectivity index (χ3v) is 4.18. The summed E-state index contributed by atoms with van der Waals surface area (Å²) in [4.78, 5) is 36.0. The Kier molecular flexibility index (Phi) is 4.18. The van der Waals surface area contributed by atoms with Crippen molar-refractivity contribution < 1.29 is 27.1 Å². The van der Waals surface area contributed by atoms with E-state index in [0.717, 1.165) is 13.1 Å². The van der Waals surface area contributed by atoms with Gasteiger partial charge in [-0.3, -0.25) is 14.2 Å². The zero-order chi connectivity index (χ0) is 19.4. The van der Waals surface area contributed by atoms with E-state index in [9.17, 15) is 31.9 Å². The van der Waals surface area contributed by atoms with Gasteiger partial charge in [0.2, 0.25) is 0 Å². The van der Waals surface area contributed by atoms with E-state index in [4.69, 9.17) is 16.3 Å². The molecular formula is C15H9ClF4N2O4. The molecule has 1 aromatic heterocycles. The van der Waals surface area contributed by atoms with Crippen molar-refractivity contribution in [3.05, 3.63) is 55.1 Å². The van der Waals surface area contributed by atoms with E-state index in [2.05, 4.69) is 0 Å². The van der Waals surface area contributed by atoms with Crippen molar-refractivity contribution in [1.82, 2.24) is 9.13 Å². The van der Waals surface area contributed by atoms with Crippen LogP contribution in [0.25, 0.3) is 5.69 Å². The summed E-state index contributed by atoms with van der Waals surface area (Å²) in [5, 5.41) is -0.161. The molecule has 0 unspecified atom stereocenters. The highest BCUT2D eigenvalue weighted by Crippen LogP contribution is 2.37. The van der Waals surface area contributed by atoms with Crippen LogP contribution in [0.2, 0.25) is 5.02 Å². The second-order valence-corrected chi connectivity index (χ2v) is 5.95.